The van der Waals surface area contributed by atoms with Gasteiger partial charge in [-0.15, -0.1) is 0 Å². The van der Waals surface area contributed by atoms with Crippen LogP contribution in [0, 0.1) is 5.82 Å². The molecule has 96 valence electrons. The van der Waals surface area contributed by atoms with Crippen LogP contribution in [0.4, 0.5) is 10.1 Å². The Balaban J connectivity index is 1.80. The van der Waals surface area contributed by atoms with Crippen LogP contribution in [0.1, 0.15) is 0 Å². The molecule has 6 heteroatoms. The topological polar surface area (TPSA) is 51.1 Å². The lowest BCUT2D eigenvalue weighted by molar-refractivity contribution is -0.134. The second-order valence-corrected chi connectivity index (χ2v) is 4.63. The highest BCUT2D eigenvalue weighted by atomic mass is 19.1. The van der Waals surface area contributed by atoms with Gasteiger partial charge in [-0.1, -0.05) is 0 Å². The van der Waals surface area contributed by atoms with Crippen LogP contribution in [0.5, 0.6) is 0 Å². The van der Waals surface area contributed by atoms with E-state index < -0.39 is 11.6 Å². The summed E-state index contributed by atoms with van der Waals surface area (Å²) in [6, 6.07) is 5.71. The molecule has 1 fully saturated rings. The number of benzene rings is 1. The van der Waals surface area contributed by atoms with Crippen molar-refractivity contribution in [2.45, 2.75) is 11.6 Å². The van der Waals surface area contributed by atoms with Gasteiger partial charge in [-0.05, 0) is 30.3 Å². The van der Waals surface area contributed by atoms with Crippen LogP contribution in [0.2, 0.25) is 0 Å². The number of ether oxygens (including phenoxy) is 2. The van der Waals surface area contributed by atoms with Gasteiger partial charge in [-0.2, -0.15) is 5.10 Å². The number of cyclic esters (lactones) is 1. The lowest BCUT2D eigenvalue weighted by atomic mass is 9.93. The monoisotopic (exact) mass is 260 g/mol. The molecule has 4 rings (SSSR count). The molecule has 5 nitrogen and oxygen atoms in total. The van der Waals surface area contributed by atoms with E-state index in [1.807, 2.05) is 6.08 Å². The third kappa shape index (κ3) is 1.23. The van der Waals surface area contributed by atoms with Crippen LogP contribution >= 0.6 is 0 Å². The molecular formula is C13H9FN2O3. The molecule has 1 aromatic rings. The average Bonchev–Trinajstić information content (AvgIpc) is 3.02. The maximum Gasteiger partial charge on any atom is 0.359 e. The van der Waals surface area contributed by atoms with Crippen LogP contribution in [0.25, 0.3) is 0 Å². The largest absolute Gasteiger partial charge is 0.482 e. The van der Waals surface area contributed by atoms with Gasteiger partial charge < -0.3 is 9.47 Å². The van der Waals surface area contributed by atoms with Crippen LogP contribution < -0.4 is 5.01 Å². The molecule has 0 saturated carbocycles. The fraction of sp³-hybridized carbons (Fsp3) is 0.231. The zero-order chi connectivity index (χ0) is 13.0. The standard InChI is InChI=1S/C13H9FN2O3/c14-8-1-3-9(4-2-8)16-10-5-6-19-13(10)7-18-12(17)11(13)15-16/h1-6,10H,7H2/t10-,13+/m1/s1. The van der Waals surface area contributed by atoms with Crippen molar-refractivity contribution in [3.05, 3.63) is 42.4 Å². The van der Waals surface area contributed by atoms with E-state index in [-0.39, 0.29) is 24.2 Å². The van der Waals surface area contributed by atoms with Crippen LogP contribution in [0.15, 0.2) is 41.7 Å². The highest BCUT2D eigenvalue weighted by molar-refractivity contribution is 6.43. The van der Waals surface area contributed by atoms with Gasteiger partial charge in [0, 0.05) is 0 Å². The van der Waals surface area contributed by atoms with Gasteiger partial charge in [-0.3, -0.25) is 5.01 Å². The van der Waals surface area contributed by atoms with E-state index in [1.54, 1.807) is 23.4 Å². The third-order valence-corrected chi connectivity index (χ3v) is 3.59. The van der Waals surface area contributed by atoms with E-state index in [9.17, 15) is 9.18 Å². The van der Waals surface area contributed by atoms with Crippen molar-refractivity contribution < 1.29 is 18.7 Å². The van der Waals surface area contributed by atoms with Gasteiger partial charge in [0.2, 0.25) is 5.60 Å². The number of hydrazone groups is 1. The summed E-state index contributed by atoms with van der Waals surface area (Å²) in [5.41, 5.74) is 0.133. The van der Waals surface area contributed by atoms with E-state index in [2.05, 4.69) is 5.10 Å². The minimum absolute atomic E-state index is 0.153. The number of nitrogens with zero attached hydrogens (tertiary/aromatic N) is 2. The highest BCUT2D eigenvalue weighted by Gasteiger charge is 2.62. The number of esters is 1. The molecule has 0 aliphatic carbocycles. The molecule has 1 saturated heterocycles. The number of carbonyl (C=O) groups is 1. The molecule has 0 aromatic heterocycles. The van der Waals surface area contributed by atoms with Crippen molar-refractivity contribution in [3.63, 3.8) is 0 Å². The van der Waals surface area contributed by atoms with Crippen LogP contribution in [0.3, 0.4) is 0 Å². The Kier molecular flexibility index (Phi) is 1.86. The van der Waals surface area contributed by atoms with E-state index in [0.29, 0.717) is 5.69 Å². The van der Waals surface area contributed by atoms with Gasteiger partial charge in [0.15, 0.2) is 5.71 Å². The third-order valence-electron chi connectivity index (χ3n) is 3.59. The zero-order valence-corrected chi connectivity index (χ0v) is 9.75. The maximum atomic E-state index is 13.0. The van der Waals surface area contributed by atoms with Gasteiger partial charge >= 0.3 is 5.97 Å². The molecular weight excluding hydrogens is 251 g/mol. The fourth-order valence-electron chi connectivity index (χ4n) is 2.64. The first-order chi connectivity index (χ1) is 9.21. The first-order valence-corrected chi connectivity index (χ1v) is 5.86. The Morgan fingerprint density at radius 2 is 2.16 bits per heavy atom. The van der Waals surface area contributed by atoms with Crippen LogP contribution in [-0.2, 0) is 14.3 Å². The lowest BCUT2D eigenvalue weighted by Crippen LogP contribution is -2.48. The average molecular weight is 260 g/mol. The summed E-state index contributed by atoms with van der Waals surface area (Å²) in [6.45, 7) is 0.153. The second-order valence-electron chi connectivity index (χ2n) is 4.63. The Labute approximate surface area is 107 Å². The Morgan fingerprint density at radius 1 is 1.37 bits per heavy atom. The fourth-order valence-corrected chi connectivity index (χ4v) is 2.64. The molecule has 3 aliphatic rings. The molecule has 1 spiro atoms. The molecule has 0 N–H and O–H groups in total. The lowest BCUT2D eigenvalue weighted by Gasteiger charge is -2.27. The first kappa shape index (κ1) is 10.5. The maximum absolute atomic E-state index is 13.0. The molecule has 3 heterocycles. The highest BCUT2D eigenvalue weighted by Crippen LogP contribution is 2.41. The smallest absolute Gasteiger partial charge is 0.359 e. The predicted octanol–water partition coefficient (Wildman–Crippen LogP) is 1.21. The summed E-state index contributed by atoms with van der Waals surface area (Å²) >= 11 is 0. The minimum atomic E-state index is -0.842. The van der Waals surface area contributed by atoms with E-state index in [1.165, 1.54) is 12.1 Å². The summed E-state index contributed by atoms with van der Waals surface area (Å²) in [5.74, 6) is -0.776. The summed E-state index contributed by atoms with van der Waals surface area (Å²) in [4.78, 5) is 11.7. The van der Waals surface area contributed by atoms with Crippen LogP contribution in [-0.4, -0.2) is 29.9 Å². The molecule has 0 bridgehead atoms. The van der Waals surface area contributed by atoms with Gasteiger partial charge in [-0.25, -0.2) is 9.18 Å². The van der Waals surface area contributed by atoms with Crippen molar-refractivity contribution in [2.75, 3.05) is 11.6 Å². The molecule has 0 radical (unpaired) electrons. The molecule has 3 aliphatic heterocycles. The van der Waals surface area contributed by atoms with Crippen molar-refractivity contribution in [1.29, 1.82) is 0 Å². The number of halogens is 1. The number of hydrogen-bond acceptors (Lipinski definition) is 5. The van der Waals surface area contributed by atoms with E-state index in [0.717, 1.165) is 0 Å². The van der Waals surface area contributed by atoms with Gasteiger partial charge in [0.05, 0.1) is 11.9 Å². The Hall–Kier alpha value is -2.37. The predicted molar refractivity (Wildman–Crippen MR) is 64.0 cm³/mol. The summed E-state index contributed by atoms with van der Waals surface area (Å²) < 4.78 is 23.5. The van der Waals surface area contributed by atoms with Gasteiger partial charge in [0.25, 0.3) is 0 Å². The summed E-state index contributed by atoms with van der Waals surface area (Å²) in [7, 11) is 0. The Bertz CT molecular complexity index is 625. The summed E-state index contributed by atoms with van der Waals surface area (Å²) in [6.07, 6.45) is 3.37. The van der Waals surface area contributed by atoms with Crippen molar-refractivity contribution in [2.24, 2.45) is 5.10 Å². The molecule has 0 unspecified atom stereocenters. The number of hydrogen-bond donors (Lipinski definition) is 0. The van der Waals surface area contributed by atoms with Crippen molar-refractivity contribution in [1.82, 2.24) is 0 Å². The van der Waals surface area contributed by atoms with E-state index >= 15 is 0 Å². The molecule has 0 amide bonds. The van der Waals surface area contributed by atoms with Gasteiger partial charge in [0.1, 0.15) is 18.5 Å². The molecule has 1 aromatic carbocycles. The van der Waals surface area contributed by atoms with E-state index in [4.69, 9.17) is 9.47 Å². The number of anilines is 1. The normalized spacial score (nSPS) is 30.8. The summed E-state index contributed by atoms with van der Waals surface area (Å²) in [5, 5.41) is 5.95. The number of carbonyl (C=O) groups excluding carboxylic acids is 1. The Morgan fingerprint density at radius 3 is 2.95 bits per heavy atom. The second kappa shape index (κ2) is 3.34. The zero-order valence-electron chi connectivity index (χ0n) is 9.75. The molecule has 19 heavy (non-hydrogen) atoms. The first-order valence-electron chi connectivity index (χ1n) is 5.86. The van der Waals surface area contributed by atoms with Crippen molar-refractivity contribution >= 4 is 17.4 Å². The van der Waals surface area contributed by atoms with Crippen molar-refractivity contribution in [3.8, 4) is 0 Å². The quantitative estimate of drug-likeness (QED) is 0.712. The number of rotatable bonds is 1. The minimum Gasteiger partial charge on any atom is -0.482 e. The molecule has 2 atom stereocenters. The SMILES string of the molecule is O=C1OC[C@]23OC=C[C@H]2N(c2ccc(F)cc2)N=C13.